The van der Waals surface area contributed by atoms with Crippen LogP contribution in [-0.2, 0) is 52.7 Å². The average molecular weight is 772 g/mol. The first-order valence-electron chi connectivity index (χ1n) is 12.9. The molecule has 0 aromatic carbocycles. The van der Waals surface area contributed by atoms with Gasteiger partial charge < -0.3 is 104 Å². The molecule has 0 saturated heterocycles. The van der Waals surface area contributed by atoms with Gasteiger partial charge in [-0.25, -0.2) is 0 Å². The highest BCUT2D eigenvalue weighted by atomic mass is 16.4. The predicted molar refractivity (Wildman–Crippen MR) is 172 cm³/mol. The van der Waals surface area contributed by atoms with Gasteiger partial charge in [-0.15, -0.1) is 0 Å². The fourth-order valence-corrected chi connectivity index (χ4v) is 0.912. The summed E-state index contributed by atoms with van der Waals surface area (Å²) in [5.74, 6) is -10.6. The number of amides is 3. The second kappa shape index (κ2) is 44.8. The highest BCUT2D eigenvalue weighted by molar-refractivity contribution is 5.84. The van der Waals surface area contributed by atoms with E-state index in [2.05, 4.69) is 45.9 Å². The molecule has 0 bridgehead atoms. The first-order valence-corrected chi connectivity index (χ1v) is 12.9. The van der Waals surface area contributed by atoms with Crippen molar-refractivity contribution in [2.24, 2.45) is 63.1 Å². The number of carbonyl (C=O) groups excluding carboxylic acids is 3. The van der Waals surface area contributed by atoms with E-state index in [0.717, 1.165) is 0 Å². The summed E-state index contributed by atoms with van der Waals surface area (Å²) in [5, 5.41) is 62.3. The maximum atomic E-state index is 9.99. The first kappa shape index (κ1) is 64.4. The van der Waals surface area contributed by atoms with Crippen LogP contribution in [0.5, 0.6) is 0 Å². The van der Waals surface area contributed by atoms with Gasteiger partial charge in [0.1, 0.15) is 18.1 Å². The Morgan fingerprint density at radius 2 is 0.423 bits per heavy atom. The highest BCUT2D eigenvalue weighted by Gasteiger charge is 2.14. The first-order chi connectivity index (χ1) is 23.5. The molecule has 0 aromatic heterocycles. The fraction of sp³-hybridized carbons (Fsp3) is 0.500. The number of primary amides is 3. The van der Waals surface area contributed by atoms with E-state index in [4.69, 9.17) is 58.1 Å². The van der Waals surface area contributed by atoms with Gasteiger partial charge in [0.25, 0.3) is 0 Å². The van der Waals surface area contributed by atoms with Crippen LogP contribution < -0.4 is 63.1 Å². The Bertz CT molecular complexity index is 936. The topological polar surface area (TPSA) is 636 Å². The Morgan fingerprint density at radius 1 is 0.327 bits per heavy atom. The molecule has 0 radical (unpaired) electrons. The molecule has 0 rings (SSSR count). The number of rotatable bonds is 14. The van der Waals surface area contributed by atoms with Crippen LogP contribution in [0.3, 0.4) is 0 Å². The van der Waals surface area contributed by atoms with Crippen LogP contribution in [0.1, 0.15) is 19.3 Å². The van der Waals surface area contributed by atoms with E-state index in [9.17, 15) is 52.7 Å². The number of hydrogen-bond acceptors (Lipinski definition) is 19. The number of carboxylic acids is 8. The third kappa shape index (κ3) is 104. The van der Waals surface area contributed by atoms with Crippen LogP contribution in [0.15, 0.2) is 0 Å². The molecule has 3 unspecified atom stereocenters. The van der Waals surface area contributed by atoms with Crippen molar-refractivity contribution in [2.45, 2.75) is 37.4 Å². The Kier molecular flexibility index (Phi) is 55.5. The summed E-state index contributed by atoms with van der Waals surface area (Å²) in [5.41, 5.74) is 51.6. The van der Waals surface area contributed by atoms with Gasteiger partial charge in [0.2, 0.25) is 17.7 Å². The van der Waals surface area contributed by atoms with E-state index in [1.165, 1.54) is 0 Å². The van der Waals surface area contributed by atoms with E-state index in [0.29, 0.717) is 0 Å². The van der Waals surface area contributed by atoms with Crippen LogP contribution in [0.4, 0.5) is 0 Å². The Labute approximate surface area is 292 Å². The lowest BCUT2D eigenvalue weighted by Crippen LogP contribution is -2.34. The quantitative estimate of drug-likeness (QED) is 0.0779. The van der Waals surface area contributed by atoms with Gasteiger partial charge in [-0.05, 0) is 0 Å². The smallest absolute Gasteiger partial charge is 0.321 e. The van der Waals surface area contributed by atoms with Gasteiger partial charge in [0, 0.05) is 0 Å². The molecule has 0 fully saturated rings. The van der Waals surface area contributed by atoms with Crippen LogP contribution in [-0.4, -0.2) is 157 Å². The second-order valence-electron chi connectivity index (χ2n) is 7.83. The minimum atomic E-state index is -1.21. The highest BCUT2D eigenvalue weighted by Crippen LogP contribution is 1.85. The monoisotopic (exact) mass is 771 g/mol. The maximum Gasteiger partial charge on any atom is 0.321 e. The normalized spacial score (nSPS) is 10.1. The van der Waals surface area contributed by atoms with E-state index in [1.807, 2.05) is 0 Å². The molecular weight excluding hydrogens is 722 g/mol. The zero-order valence-electron chi connectivity index (χ0n) is 27.3. The standard InChI is InChI=1S/3C4H8N2O3.5C2H5NO2/c3*5-2(4(8)9)1-3(6)7;5*3-1-2(4)5/h3*2H,1,5H2,(H2,6,7)(H,8,9);5*1,3H2,(H,4,5). The van der Waals surface area contributed by atoms with Crippen molar-refractivity contribution in [2.75, 3.05) is 32.7 Å². The Morgan fingerprint density at radius 3 is 0.442 bits per heavy atom. The number of nitrogens with two attached hydrogens (primary N) is 11. The van der Waals surface area contributed by atoms with Crippen molar-refractivity contribution in [3.05, 3.63) is 0 Å². The van der Waals surface area contributed by atoms with E-state index < -0.39 is 83.6 Å². The molecule has 306 valence electrons. The van der Waals surface area contributed by atoms with Gasteiger partial charge in [-0.3, -0.25) is 52.7 Å². The number of aliphatic carboxylic acids is 8. The SMILES string of the molecule is NC(=O)CC(N)C(=O)O.NC(=O)CC(N)C(=O)O.NC(=O)CC(N)C(=O)O.NCC(=O)O.NCC(=O)O.NCC(=O)O.NCC(=O)O.NCC(=O)O. The molecule has 30 heteroatoms. The summed E-state index contributed by atoms with van der Waals surface area (Å²) in [7, 11) is 0. The summed E-state index contributed by atoms with van der Waals surface area (Å²) in [4.78, 5) is 106. The largest absolute Gasteiger partial charge is 0.480 e. The van der Waals surface area contributed by atoms with Gasteiger partial charge in [-0.2, -0.15) is 0 Å². The summed E-state index contributed by atoms with van der Waals surface area (Å²) < 4.78 is 0. The molecule has 3 atom stereocenters. The molecule has 0 saturated carbocycles. The molecule has 0 spiro atoms. The molecule has 0 aliphatic heterocycles. The summed E-state index contributed by atoms with van der Waals surface area (Å²) in [6, 6.07) is -3.49. The molecule has 30 N–H and O–H groups in total. The van der Waals surface area contributed by atoms with Gasteiger partial charge >= 0.3 is 47.8 Å². The van der Waals surface area contributed by atoms with Crippen LogP contribution in [0, 0.1) is 0 Å². The molecule has 0 aliphatic rings. The second-order valence-corrected chi connectivity index (χ2v) is 7.83. The Hall–Kier alpha value is -6.15. The van der Waals surface area contributed by atoms with Crippen molar-refractivity contribution in [3.8, 4) is 0 Å². The van der Waals surface area contributed by atoms with Crippen LogP contribution in [0.25, 0.3) is 0 Å². The summed E-state index contributed by atoms with van der Waals surface area (Å²) in [6.07, 6.45) is -0.931. The van der Waals surface area contributed by atoms with Crippen LogP contribution >= 0.6 is 0 Å². The van der Waals surface area contributed by atoms with Gasteiger partial charge in [-0.1, -0.05) is 0 Å². The van der Waals surface area contributed by atoms with Crippen molar-refractivity contribution in [1.82, 2.24) is 0 Å². The minimum absolute atomic E-state index is 0.278. The van der Waals surface area contributed by atoms with Gasteiger partial charge in [0.05, 0.1) is 52.0 Å². The molecule has 0 heterocycles. The molecule has 0 aromatic rings. The zero-order valence-corrected chi connectivity index (χ0v) is 27.3. The van der Waals surface area contributed by atoms with Crippen molar-refractivity contribution in [1.29, 1.82) is 0 Å². The average Bonchev–Trinajstić information content (AvgIpc) is 3.01. The molecule has 0 aliphatic carbocycles. The number of carboxylic acid groups (broad SMARTS) is 8. The summed E-state index contributed by atoms with van der Waals surface area (Å²) >= 11 is 0. The van der Waals surface area contributed by atoms with Crippen molar-refractivity contribution in [3.63, 3.8) is 0 Å². The van der Waals surface area contributed by atoms with Crippen LogP contribution in [0.2, 0.25) is 0 Å². The number of hydrogen-bond donors (Lipinski definition) is 19. The lowest BCUT2D eigenvalue weighted by molar-refractivity contribution is -0.140. The van der Waals surface area contributed by atoms with E-state index in [-0.39, 0.29) is 52.0 Å². The van der Waals surface area contributed by atoms with Crippen molar-refractivity contribution < 1.29 is 93.6 Å². The van der Waals surface area contributed by atoms with Gasteiger partial charge in [0.15, 0.2) is 0 Å². The fourth-order valence-electron chi connectivity index (χ4n) is 0.912. The van der Waals surface area contributed by atoms with E-state index >= 15 is 0 Å². The van der Waals surface area contributed by atoms with E-state index in [1.54, 1.807) is 0 Å². The van der Waals surface area contributed by atoms with Crippen molar-refractivity contribution >= 4 is 65.5 Å². The molecular formula is C22H49N11O19. The molecule has 30 nitrogen and oxygen atoms in total. The molecule has 3 amide bonds. The number of carbonyl (C=O) groups is 11. The molecule has 52 heavy (non-hydrogen) atoms. The lowest BCUT2D eigenvalue weighted by Gasteiger charge is -1.99. The third-order valence-electron chi connectivity index (χ3n) is 3.09. The minimum Gasteiger partial charge on any atom is -0.480 e. The summed E-state index contributed by atoms with van der Waals surface area (Å²) in [6.45, 7) is -1.39. The third-order valence-corrected chi connectivity index (χ3v) is 3.09. The zero-order chi connectivity index (χ0) is 43.7. The Balaban J connectivity index is -0.0000000721. The lowest BCUT2D eigenvalue weighted by atomic mass is 10.2. The maximum absolute atomic E-state index is 9.99. The predicted octanol–water partition coefficient (Wildman–Crippen LogP) is -10.0.